The summed E-state index contributed by atoms with van der Waals surface area (Å²) in [6.07, 6.45) is 1.88. The summed E-state index contributed by atoms with van der Waals surface area (Å²) < 4.78 is 5.44. The van der Waals surface area contributed by atoms with Crippen molar-refractivity contribution in [2.24, 2.45) is 11.7 Å². The van der Waals surface area contributed by atoms with E-state index in [9.17, 15) is 4.79 Å². The first kappa shape index (κ1) is 16.5. The van der Waals surface area contributed by atoms with Gasteiger partial charge in [0, 0.05) is 12.6 Å². The molecular weight excluding hydrogens is 252 g/mol. The molecule has 0 bridgehead atoms. The lowest BCUT2D eigenvalue weighted by molar-refractivity contribution is -0.123. The van der Waals surface area contributed by atoms with Gasteiger partial charge in [-0.3, -0.25) is 4.79 Å². The SMILES string of the molecule is CC[C@@H](N)c1ccc(OCC(=O)NCCC(C)C)cc1. The Morgan fingerprint density at radius 3 is 2.50 bits per heavy atom. The van der Waals surface area contributed by atoms with E-state index in [2.05, 4.69) is 26.1 Å². The quantitative estimate of drug-likeness (QED) is 0.768. The van der Waals surface area contributed by atoms with Crippen LogP contribution in [0.1, 0.15) is 45.2 Å². The van der Waals surface area contributed by atoms with Gasteiger partial charge in [-0.05, 0) is 36.5 Å². The Morgan fingerprint density at radius 1 is 1.30 bits per heavy atom. The van der Waals surface area contributed by atoms with Gasteiger partial charge in [-0.1, -0.05) is 32.9 Å². The maximum atomic E-state index is 11.6. The summed E-state index contributed by atoms with van der Waals surface area (Å²) >= 11 is 0. The minimum Gasteiger partial charge on any atom is -0.484 e. The van der Waals surface area contributed by atoms with Crippen LogP contribution < -0.4 is 15.8 Å². The van der Waals surface area contributed by atoms with Crippen LogP contribution in [0.25, 0.3) is 0 Å². The number of nitrogens with two attached hydrogens (primary N) is 1. The first-order valence-electron chi connectivity index (χ1n) is 7.28. The normalized spacial score (nSPS) is 12.2. The van der Waals surface area contributed by atoms with Gasteiger partial charge in [0.25, 0.3) is 5.91 Å². The molecule has 0 spiro atoms. The Hall–Kier alpha value is -1.55. The Bertz CT molecular complexity index is 401. The van der Waals surface area contributed by atoms with Crippen molar-refractivity contribution in [3.63, 3.8) is 0 Å². The van der Waals surface area contributed by atoms with Crippen molar-refractivity contribution in [2.75, 3.05) is 13.2 Å². The zero-order valence-electron chi connectivity index (χ0n) is 12.7. The molecule has 1 rings (SSSR count). The van der Waals surface area contributed by atoms with Crippen molar-refractivity contribution in [1.82, 2.24) is 5.32 Å². The van der Waals surface area contributed by atoms with Crippen LogP contribution in [0.2, 0.25) is 0 Å². The molecule has 0 saturated heterocycles. The molecule has 0 aliphatic rings. The van der Waals surface area contributed by atoms with E-state index in [0.717, 1.165) is 18.4 Å². The number of hydrogen-bond acceptors (Lipinski definition) is 3. The van der Waals surface area contributed by atoms with Crippen molar-refractivity contribution in [2.45, 2.75) is 39.7 Å². The predicted octanol–water partition coefficient (Wildman–Crippen LogP) is 2.64. The van der Waals surface area contributed by atoms with Gasteiger partial charge in [0.05, 0.1) is 0 Å². The molecule has 1 amide bonds. The lowest BCUT2D eigenvalue weighted by atomic mass is 10.1. The van der Waals surface area contributed by atoms with Crippen molar-refractivity contribution in [3.05, 3.63) is 29.8 Å². The highest BCUT2D eigenvalue weighted by Crippen LogP contribution is 2.18. The third kappa shape index (κ3) is 6.06. The summed E-state index contributed by atoms with van der Waals surface area (Å²) in [4.78, 5) is 11.6. The average Bonchev–Trinajstić information content (AvgIpc) is 2.44. The number of carbonyl (C=O) groups excluding carboxylic acids is 1. The Morgan fingerprint density at radius 2 is 1.95 bits per heavy atom. The molecule has 20 heavy (non-hydrogen) atoms. The average molecular weight is 278 g/mol. The fraction of sp³-hybridized carbons (Fsp3) is 0.562. The summed E-state index contributed by atoms with van der Waals surface area (Å²) in [5.74, 6) is 1.20. The summed E-state index contributed by atoms with van der Waals surface area (Å²) in [7, 11) is 0. The Kier molecular flexibility index (Phi) is 7.09. The lowest BCUT2D eigenvalue weighted by Gasteiger charge is -2.11. The van der Waals surface area contributed by atoms with Crippen molar-refractivity contribution in [1.29, 1.82) is 0 Å². The van der Waals surface area contributed by atoms with Crippen molar-refractivity contribution < 1.29 is 9.53 Å². The molecule has 0 heterocycles. The van der Waals surface area contributed by atoms with Crippen LogP contribution in [0.15, 0.2) is 24.3 Å². The minimum absolute atomic E-state index is 0.0529. The maximum absolute atomic E-state index is 11.6. The second-order valence-corrected chi connectivity index (χ2v) is 5.40. The highest BCUT2D eigenvalue weighted by molar-refractivity contribution is 5.77. The molecule has 0 radical (unpaired) electrons. The zero-order valence-corrected chi connectivity index (χ0v) is 12.7. The number of rotatable bonds is 8. The minimum atomic E-state index is -0.0833. The molecule has 112 valence electrons. The second-order valence-electron chi connectivity index (χ2n) is 5.40. The molecule has 1 aromatic carbocycles. The number of hydrogen-bond donors (Lipinski definition) is 2. The van der Waals surface area contributed by atoms with E-state index in [0.29, 0.717) is 18.2 Å². The third-order valence-corrected chi connectivity index (χ3v) is 3.16. The Balaban J connectivity index is 2.32. The molecule has 0 fully saturated rings. The van der Waals surface area contributed by atoms with Gasteiger partial charge >= 0.3 is 0 Å². The lowest BCUT2D eigenvalue weighted by Crippen LogP contribution is -2.30. The zero-order chi connectivity index (χ0) is 15.0. The summed E-state index contributed by atoms with van der Waals surface area (Å²) in [5.41, 5.74) is 7.03. The number of benzene rings is 1. The highest BCUT2D eigenvalue weighted by atomic mass is 16.5. The molecule has 3 N–H and O–H groups in total. The number of amides is 1. The summed E-state index contributed by atoms with van der Waals surface area (Å²) in [6, 6.07) is 7.65. The van der Waals surface area contributed by atoms with Crippen molar-refractivity contribution >= 4 is 5.91 Å². The van der Waals surface area contributed by atoms with E-state index in [1.54, 1.807) is 0 Å². The molecule has 4 nitrogen and oxygen atoms in total. The molecule has 1 aromatic rings. The molecule has 0 aliphatic heterocycles. The van der Waals surface area contributed by atoms with Crippen LogP contribution in [0.3, 0.4) is 0 Å². The van der Waals surface area contributed by atoms with Crippen LogP contribution in [-0.2, 0) is 4.79 Å². The van der Waals surface area contributed by atoms with E-state index in [-0.39, 0.29) is 18.6 Å². The van der Waals surface area contributed by atoms with Crippen LogP contribution in [0.5, 0.6) is 5.75 Å². The molecule has 0 aliphatic carbocycles. The topological polar surface area (TPSA) is 64.3 Å². The maximum Gasteiger partial charge on any atom is 0.257 e. The van der Waals surface area contributed by atoms with Gasteiger partial charge < -0.3 is 15.8 Å². The highest BCUT2D eigenvalue weighted by Gasteiger charge is 2.05. The van der Waals surface area contributed by atoms with Gasteiger partial charge in [-0.15, -0.1) is 0 Å². The number of carbonyl (C=O) groups is 1. The monoisotopic (exact) mass is 278 g/mol. The van der Waals surface area contributed by atoms with Crippen LogP contribution in [0, 0.1) is 5.92 Å². The smallest absolute Gasteiger partial charge is 0.257 e. The molecule has 1 atom stereocenters. The molecule has 0 aromatic heterocycles. The largest absolute Gasteiger partial charge is 0.484 e. The summed E-state index contributed by atoms with van der Waals surface area (Å²) in [6.45, 7) is 7.06. The molecule has 4 heteroatoms. The fourth-order valence-corrected chi connectivity index (χ4v) is 1.75. The van der Waals surface area contributed by atoms with Gasteiger partial charge in [0.1, 0.15) is 5.75 Å². The van der Waals surface area contributed by atoms with Crippen LogP contribution in [0.4, 0.5) is 0 Å². The first-order chi connectivity index (χ1) is 9.52. The van der Waals surface area contributed by atoms with E-state index >= 15 is 0 Å². The third-order valence-electron chi connectivity index (χ3n) is 3.16. The fourth-order valence-electron chi connectivity index (χ4n) is 1.75. The van der Waals surface area contributed by atoms with Gasteiger partial charge in [-0.2, -0.15) is 0 Å². The predicted molar refractivity (Wildman–Crippen MR) is 81.6 cm³/mol. The molecule has 0 saturated carbocycles. The van der Waals surface area contributed by atoms with E-state index in [4.69, 9.17) is 10.5 Å². The van der Waals surface area contributed by atoms with Crippen LogP contribution >= 0.6 is 0 Å². The summed E-state index contributed by atoms with van der Waals surface area (Å²) in [5, 5.41) is 2.84. The van der Waals surface area contributed by atoms with E-state index in [1.165, 1.54) is 0 Å². The standard InChI is InChI=1S/C16H26N2O2/c1-4-15(17)13-5-7-14(8-6-13)20-11-16(19)18-10-9-12(2)3/h5-8,12,15H,4,9-11,17H2,1-3H3,(H,18,19)/t15-/m1/s1. The van der Waals surface area contributed by atoms with Gasteiger partial charge in [0.15, 0.2) is 6.61 Å². The van der Waals surface area contributed by atoms with E-state index < -0.39 is 0 Å². The molecule has 0 unspecified atom stereocenters. The number of ether oxygens (including phenoxy) is 1. The van der Waals surface area contributed by atoms with Crippen LogP contribution in [-0.4, -0.2) is 19.1 Å². The van der Waals surface area contributed by atoms with E-state index in [1.807, 2.05) is 24.3 Å². The Labute approximate surface area is 121 Å². The number of nitrogens with one attached hydrogen (secondary N) is 1. The molecular formula is C16H26N2O2. The van der Waals surface area contributed by atoms with Gasteiger partial charge in [-0.25, -0.2) is 0 Å². The van der Waals surface area contributed by atoms with Gasteiger partial charge in [0.2, 0.25) is 0 Å². The first-order valence-corrected chi connectivity index (χ1v) is 7.28. The second kappa shape index (κ2) is 8.59. The van der Waals surface area contributed by atoms with Crippen molar-refractivity contribution in [3.8, 4) is 5.75 Å².